The lowest BCUT2D eigenvalue weighted by Crippen LogP contribution is -2.13. The highest BCUT2D eigenvalue weighted by molar-refractivity contribution is 14.1. The van der Waals surface area contributed by atoms with E-state index < -0.39 is 0 Å². The molecule has 2 aromatic rings. The van der Waals surface area contributed by atoms with Crippen molar-refractivity contribution in [3.05, 3.63) is 45.8 Å². The third-order valence-corrected chi connectivity index (χ3v) is 2.91. The molecule has 0 aliphatic carbocycles. The molecule has 4 heteroatoms. The summed E-state index contributed by atoms with van der Waals surface area (Å²) in [5.41, 5.74) is 2.41. The molecule has 1 aromatic carbocycles. The number of benzene rings is 1. The predicted octanol–water partition coefficient (Wildman–Crippen LogP) is 2.59. The van der Waals surface area contributed by atoms with Gasteiger partial charge in [-0.15, -0.1) is 0 Å². The maximum Gasteiger partial charge on any atom is 0.0690 e. The third kappa shape index (κ3) is 2.62. The van der Waals surface area contributed by atoms with Gasteiger partial charge in [0, 0.05) is 12.7 Å². The van der Waals surface area contributed by atoms with Crippen molar-refractivity contribution in [3.8, 4) is 5.69 Å². The summed E-state index contributed by atoms with van der Waals surface area (Å²) in [7, 11) is 0. The molecule has 1 N–H and O–H groups in total. The number of para-hydroxylation sites is 1. The molecule has 0 saturated carbocycles. The van der Waals surface area contributed by atoms with E-state index in [2.05, 4.69) is 58.1 Å². The molecule has 1 heterocycles. The minimum Gasteiger partial charge on any atom is -0.313 e. The largest absolute Gasteiger partial charge is 0.313 e. The van der Waals surface area contributed by atoms with Crippen LogP contribution in [0.1, 0.15) is 12.5 Å². The highest BCUT2D eigenvalue weighted by atomic mass is 127. The van der Waals surface area contributed by atoms with Crippen molar-refractivity contribution in [1.82, 2.24) is 15.1 Å². The summed E-state index contributed by atoms with van der Waals surface area (Å²) in [4.78, 5) is 0. The summed E-state index contributed by atoms with van der Waals surface area (Å²) in [6, 6.07) is 8.33. The number of nitrogens with one attached hydrogen (secondary N) is 1. The number of hydrogen-bond acceptors (Lipinski definition) is 2. The monoisotopic (exact) mass is 327 g/mol. The Morgan fingerprint density at radius 3 is 2.88 bits per heavy atom. The van der Waals surface area contributed by atoms with E-state index in [1.54, 1.807) is 0 Å². The van der Waals surface area contributed by atoms with Crippen LogP contribution in [-0.2, 0) is 6.54 Å². The van der Waals surface area contributed by atoms with Crippen molar-refractivity contribution >= 4 is 22.6 Å². The van der Waals surface area contributed by atoms with Gasteiger partial charge in [0.15, 0.2) is 0 Å². The van der Waals surface area contributed by atoms with Crippen LogP contribution < -0.4 is 5.32 Å². The fourth-order valence-corrected chi connectivity index (χ4v) is 1.96. The van der Waals surface area contributed by atoms with Crippen LogP contribution in [0.3, 0.4) is 0 Å². The number of halogens is 1. The summed E-state index contributed by atoms with van der Waals surface area (Å²) < 4.78 is 3.07. The topological polar surface area (TPSA) is 29.9 Å². The van der Waals surface area contributed by atoms with Gasteiger partial charge in [0.25, 0.3) is 0 Å². The van der Waals surface area contributed by atoms with Crippen LogP contribution in [-0.4, -0.2) is 16.3 Å². The molecule has 0 saturated heterocycles. The molecule has 0 radical (unpaired) electrons. The molecule has 16 heavy (non-hydrogen) atoms. The SMILES string of the molecule is CCNCc1ccccc1-n1cc(I)cn1. The minimum absolute atomic E-state index is 0.878. The molecule has 0 aliphatic rings. The second-order valence-corrected chi connectivity index (χ2v) is 4.76. The number of hydrogen-bond donors (Lipinski definition) is 1. The normalized spacial score (nSPS) is 10.6. The molecule has 0 bridgehead atoms. The van der Waals surface area contributed by atoms with Crippen molar-refractivity contribution < 1.29 is 0 Å². The van der Waals surface area contributed by atoms with Crippen LogP contribution in [0.4, 0.5) is 0 Å². The van der Waals surface area contributed by atoms with Crippen LogP contribution in [0.15, 0.2) is 36.7 Å². The Morgan fingerprint density at radius 2 is 2.19 bits per heavy atom. The summed E-state index contributed by atoms with van der Waals surface area (Å²) in [6.45, 7) is 3.97. The summed E-state index contributed by atoms with van der Waals surface area (Å²) in [6.07, 6.45) is 3.90. The van der Waals surface area contributed by atoms with Gasteiger partial charge in [-0.05, 0) is 40.8 Å². The molecule has 0 unspecified atom stereocenters. The highest BCUT2D eigenvalue weighted by Gasteiger charge is 2.04. The number of aromatic nitrogens is 2. The van der Waals surface area contributed by atoms with E-state index in [0.717, 1.165) is 22.3 Å². The fourth-order valence-electron chi connectivity index (χ4n) is 1.58. The summed E-state index contributed by atoms with van der Waals surface area (Å²) in [5.74, 6) is 0. The van der Waals surface area contributed by atoms with Crippen LogP contribution in [0.25, 0.3) is 5.69 Å². The van der Waals surface area contributed by atoms with Gasteiger partial charge in [0.2, 0.25) is 0 Å². The fraction of sp³-hybridized carbons (Fsp3) is 0.250. The lowest BCUT2D eigenvalue weighted by molar-refractivity contribution is 0.717. The van der Waals surface area contributed by atoms with Crippen LogP contribution in [0.2, 0.25) is 0 Å². The maximum atomic E-state index is 4.34. The highest BCUT2D eigenvalue weighted by Crippen LogP contribution is 2.14. The molecule has 0 atom stereocenters. The Balaban J connectivity index is 2.32. The van der Waals surface area contributed by atoms with Crippen LogP contribution in [0.5, 0.6) is 0 Å². The van der Waals surface area contributed by atoms with Crippen molar-refractivity contribution in [2.45, 2.75) is 13.5 Å². The molecule has 84 valence electrons. The zero-order chi connectivity index (χ0) is 11.4. The number of rotatable bonds is 4. The van der Waals surface area contributed by atoms with Gasteiger partial charge in [0.1, 0.15) is 0 Å². The first-order valence-electron chi connectivity index (χ1n) is 5.30. The van der Waals surface area contributed by atoms with E-state index in [-0.39, 0.29) is 0 Å². The van der Waals surface area contributed by atoms with Crippen molar-refractivity contribution in [2.24, 2.45) is 0 Å². The molecular formula is C12H14IN3. The van der Waals surface area contributed by atoms with Gasteiger partial charge >= 0.3 is 0 Å². The Labute approximate surface area is 109 Å². The van der Waals surface area contributed by atoms with E-state index in [4.69, 9.17) is 0 Å². The Bertz CT molecular complexity index is 465. The average molecular weight is 327 g/mol. The lowest BCUT2D eigenvalue weighted by Gasteiger charge is -2.09. The molecule has 1 aromatic heterocycles. The van der Waals surface area contributed by atoms with Gasteiger partial charge in [-0.2, -0.15) is 5.10 Å². The van der Waals surface area contributed by atoms with Crippen LogP contribution in [0, 0.1) is 3.57 Å². The van der Waals surface area contributed by atoms with Gasteiger partial charge in [0.05, 0.1) is 15.5 Å². The van der Waals surface area contributed by atoms with Gasteiger partial charge < -0.3 is 5.32 Å². The first kappa shape index (κ1) is 11.6. The summed E-state index contributed by atoms with van der Waals surface area (Å²) in [5, 5.41) is 7.67. The lowest BCUT2D eigenvalue weighted by atomic mass is 10.2. The second-order valence-electron chi connectivity index (χ2n) is 3.51. The van der Waals surface area contributed by atoms with E-state index >= 15 is 0 Å². The standard InChI is InChI=1S/C12H14IN3/c1-2-14-7-10-5-3-4-6-12(10)16-9-11(13)8-15-16/h3-6,8-9,14H,2,7H2,1H3. The smallest absolute Gasteiger partial charge is 0.0690 e. The zero-order valence-corrected chi connectivity index (χ0v) is 11.3. The molecule has 0 fully saturated rings. The predicted molar refractivity (Wildman–Crippen MR) is 73.7 cm³/mol. The molecule has 0 spiro atoms. The van der Waals surface area contributed by atoms with Gasteiger partial charge in [-0.1, -0.05) is 25.1 Å². The summed E-state index contributed by atoms with van der Waals surface area (Å²) >= 11 is 2.27. The van der Waals surface area contributed by atoms with Crippen molar-refractivity contribution in [3.63, 3.8) is 0 Å². The molecule has 0 aliphatic heterocycles. The molecule has 0 amide bonds. The van der Waals surface area contributed by atoms with E-state index in [9.17, 15) is 0 Å². The Kier molecular flexibility index (Phi) is 3.95. The van der Waals surface area contributed by atoms with E-state index in [1.807, 2.05) is 23.1 Å². The first-order chi connectivity index (χ1) is 7.81. The number of nitrogens with zero attached hydrogens (tertiary/aromatic N) is 2. The van der Waals surface area contributed by atoms with Crippen LogP contribution >= 0.6 is 22.6 Å². The average Bonchev–Trinajstić information content (AvgIpc) is 2.73. The van der Waals surface area contributed by atoms with Crippen molar-refractivity contribution in [2.75, 3.05) is 6.54 Å². The maximum absolute atomic E-state index is 4.34. The van der Waals surface area contributed by atoms with E-state index in [0.29, 0.717) is 0 Å². The molecular weight excluding hydrogens is 313 g/mol. The van der Waals surface area contributed by atoms with Crippen molar-refractivity contribution in [1.29, 1.82) is 0 Å². The second kappa shape index (κ2) is 5.45. The minimum atomic E-state index is 0.878. The zero-order valence-electron chi connectivity index (χ0n) is 9.15. The quantitative estimate of drug-likeness (QED) is 0.875. The van der Waals surface area contributed by atoms with E-state index in [1.165, 1.54) is 5.56 Å². The first-order valence-corrected chi connectivity index (χ1v) is 6.38. The Hall–Kier alpha value is -0.880. The van der Waals surface area contributed by atoms with Gasteiger partial charge in [-0.25, -0.2) is 4.68 Å². The Morgan fingerprint density at radius 1 is 1.38 bits per heavy atom. The molecule has 3 nitrogen and oxygen atoms in total. The van der Waals surface area contributed by atoms with Gasteiger partial charge in [-0.3, -0.25) is 0 Å². The molecule has 2 rings (SSSR count). The third-order valence-electron chi connectivity index (χ3n) is 2.35.